The van der Waals surface area contributed by atoms with Gasteiger partial charge in [-0.3, -0.25) is 4.79 Å². The molecule has 0 amide bonds. The van der Waals surface area contributed by atoms with E-state index >= 15 is 0 Å². The third-order valence-electron chi connectivity index (χ3n) is 11.8. The fraction of sp³-hybridized carbons (Fsp3) is 0.824. The van der Waals surface area contributed by atoms with E-state index in [2.05, 4.69) is 62.5 Å². The minimum atomic E-state index is -1.71. The highest BCUT2D eigenvalue weighted by atomic mass is 16.7. The number of carbonyl (C=O) groups is 1. The van der Waals surface area contributed by atoms with Crippen molar-refractivity contribution in [3.05, 3.63) is 48.6 Å². The van der Waals surface area contributed by atoms with Gasteiger partial charge in [0.25, 0.3) is 0 Å². The largest absolute Gasteiger partial charge is 0.457 e. The molecule has 11 atom stereocenters. The molecule has 0 spiro atoms. The zero-order valence-electron chi connectivity index (χ0n) is 40.0. The molecule has 0 saturated carbocycles. The normalized spacial score (nSPS) is 26.9. The monoisotopic (exact) mass is 927 g/mol. The van der Waals surface area contributed by atoms with Crippen LogP contribution in [0.1, 0.15) is 168 Å². The summed E-state index contributed by atoms with van der Waals surface area (Å²) >= 11 is 0. The molecule has 2 aliphatic heterocycles. The summed E-state index contributed by atoms with van der Waals surface area (Å²) in [6.45, 7) is 3.57. The first-order valence-electron chi connectivity index (χ1n) is 25.2. The van der Waals surface area contributed by atoms with E-state index in [1.807, 2.05) is 0 Å². The van der Waals surface area contributed by atoms with Crippen LogP contribution >= 0.6 is 0 Å². The number of unbranched alkanes of at least 4 members (excludes halogenated alkanes) is 17. The van der Waals surface area contributed by atoms with E-state index in [1.54, 1.807) is 0 Å². The van der Waals surface area contributed by atoms with Gasteiger partial charge in [-0.1, -0.05) is 140 Å². The van der Waals surface area contributed by atoms with Gasteiger partial charge in [0.15, 0.2) is 12.6 Å². The SMILES string of the molecule is CCCC/C=C\CCCCCCCC(=O)OC(COCCCCCCCCC/C=C\C/C=C\C/C=C\CCCCC)COC1OC(COC2OC(CO)C(O)C(O)C2O)C(O)C(O)C1O. The molecular weight excluding hydrogens is 837 g/mol. The lowest BCUT2D eigenvalue weighted by Gasteiger charge is -2.42. The Morgan fingerprint density at radius 2 is 0.969 bits per heavy atom. The summed E-state index contributed by atoms with van der Waals surface area (Å²) in [5.41, 5.74) is 0. The van der Waals surface area contributed by atoms with Crippen LogP contribution in [0.2, 0.25) is 0 Å². The molecular formula is C51H90O14. The van der Waals surface area contributed by atoms with Gasteiger partial charge < -0.3 is 64.2 Å². The first-order chi connectivity index (χ1) is 31.6. The van der Waals surface area contributed by atoms with E-state index in [0.29, 0.717) is 13.0 Å². The number of rotatable bonds is 39. The topological polar surface area (TPSA) is 214 Å². The highest BCUT2D eigenvalue weighted by Gasteiger charge is 2.47. The quantitative estimate of drug-likeness (QED) is 0.0185. The van der Waals surface area contributed by atoms with E-state index in [1.165, 1.54) is 64.2 Å². The molecule has 378 valence electrons. The number of carbonyl (C=O) groups excluding carboxylic acids is 1. The van der Waals surface area contributed by atoms with Crippen LogP contribution in [0.4, 0.5) is 0 Å². The molecule has 0 aromatic heterocycles. The summed E-state index contributed by atoms with van der Waals surface area (Å²) in [6, 6.07) is 0. The third kappa shape index (κ3) is 26.9. The molecule has 65 heavy (non-hydrogen) atoms. The Hall–Kier alpha value is -2.05. The van der Waals surface area contributed by atoms with E-state index < -0.39 is 86.7 Å². The summed E-state index contributed by atoms with van der Waals surface area (Å²) < 4.78 is 34.2. The Kier molecular flexibility index (Phi) is 35.3. The fourth-order valence-corrected chi connectivity index (χ4v) is 7.62. The van der Waals surface area contributed by atoms with Crippen molar-refractivity contribution in [1.29, 1.82) is 0 Å². The van der Waals surface area contributed by atoms with Gasteiger partial charge >= 0.3 is 5.97 Å². The van der Waals surface area contributed by atoms with Crippen LogP contribution in [-0.4, -0.2) is 142 Å². The van der Waals surface area contributed by atoms with Gasteiger partial charge in [-0.2, -0.15) is 0 Å². The van der Waals surface area contributed by atoms with Crippen LogP contribution in [0, 0.1) is 0 Å². The van der Waals surface area contributed by atoms with Crippen LogP contribution in [0.5, 0.6) is 0 Å². The second kappa shape index (κ2) is 38.9. The number of ether oxygens (including phenoxy) is 6. The summed E-state index contributed by atoms with van der Waals surface area (Å²) in [6.07, 6.45) is 27.5. The minimum Gasteiger partial charge on any atom is -0.457 e. The number of aliphatic hydroxyl groups excluding tert-OH is 7. The molecule has 11 unspecified atom stereocenters. The lowest BCUT2D eigenvalue weighted by molar-refractivity contribution is -0.332. The Balaban J connectivity index is 1.76. The maximum Gasteiger partial charge on any atom is 0.306 e. The molecule has 14 nitrogen and oxygen atoms in total. The number of esters is 1. The minimum absolute atomic E-state index is 0.0502. The maximum atomic E-state index is 12.9. The van der Waals surface area contributed by atoms with Crippen molar-refractivity contribution < 1.29 is 69.0 Å². The number of aliphatic hydroxyl groups is 7. The number of allylic oxidation sites excluding steroid dienone is 8. The second-order valence-corrected chi connectivity index (χ2v) is 17.6. The van der Waals surface area contributed by atoms with Crippen molar-refractivity contribution in [2.45, 2.75) is 235 Å². The van der Waals surface area contributed by atoms with Crippen molar-refractivity contribution in [2.24, 2.45) is 0 Å². The van der Waals surface area contributed by atoms with Gasteiger partial charge in [0.2, 0.25) is 0 Å². The first kappa shape index (κ1) is 59.1. The van der Waals surface area contributed by atoms with Gasteiger partial charge in [-0.05, 0) is 70.6 Å². The van der Waals surface area contributed by atoms with Gasteiger partial charge in [-0.15, -0.1) is 0 Å². The molecule has 0 bridgehead atoms. The predicted octanol–water partition coefficient (Wildman–Crippen LogP) is 7.18. The molecule has 0 radical (unpaired) electrons. The Morgan fingerprint density at radius 1 is 0.508 bits per heavy atom. The lowest BCUT2D eigenvalue weighted by atomic mass is 9.98. The second-order valence-electron chi connectivity index (χ2n) is 17.6. The van der Waals surface area contributed by atoms with Crippen LogP contribution in [0.15, 0.2) is 48.6 Å². The zero-order chi connectivity index (χ0) is 47.3. The third-order valence-corrected chi connectivity index (χ3v) is 11.8. The van der Waals surface area contributed by atoms with Crippen LogP contribution in [0.3, 0.4) is 0 Å². The molecule has 2 saturated heterocycles. The summed E-state index contributed by atoms with van der Waals surface area (Å²) in [7, 11) is 0. The molecule has 2 fully saturated rings. The average molecular weight is 927 g/mol. The van der Waals surface area contributed by atoms with Crippen molar-refractivity contribution >= 4 is 5.97 Å². The summed E-state index contributed by atoms with van der Waals surface area (Å²) in [5, 5.41) is 72.0. The van der Waals surface area contributed by atoms with E-state index in [0.717, 1.165) is 77.0 Å². The van der Waals surface area contributed by atoms with E-state index in [-0.39, 0.29) is 19.6 Å². The van der Waals surface area contributed by atoms with Gasteiger partial charge in [0.1, 0.15) is 54.9 Å². The van der Waals surface area contributed by atoms with Gasteiger partial charge in [0, 0.05) is 13.0 Å². The molecule has 2 rings (SSSR count). The zero-order valence-corrected chi connectivity index (χ0v) is 40.0. The fourth-order valence-electron chi connectivity index (χ4n) is 7.62. The Labute approximate surface area is 391 Å². The lowest BCUT2D eigenvalue weighted by Crippen LogP contribution is -2.61. The summed E-state index contributed by atoms with van der Waals surface area (Å²) in [4.78, 5) is 12.9. The number of hydrogen-bond acceptors (Lipinski definition) is 14. The van der Waals surface area contributed by atoms with E-state index in [9.17, 15) is 40.5 Å². The Bertz CT molecular complexity index is 1260. The maximum absolute atomic E-state index is 12.9. The van der Waals surface area contributed by atoms with Crippen molar-refractivity contribution in [2.75, 3.05) is 33.0 Å². The van der Waals surface area contributed by atoms with E-state index in [4.69, 9.17) is 28.4 Å². The van der Waals surface area contributed by atoms with Crippen molar-refractivity contribution in [3.8, 4) is 0 Å². The average Bonchev–Trinajstić information content (AvgIpc) is 3.30. The van der Waals surface area contributed by atoms with Crippen LogP contribution < -0.4 is 0 Å². The van der Waals surface area contributed by atoms with Crippen molar-refractivity contribution in [3.63, 3.8) is 0 Å². The van der Waals surface area contributed by atoms with Crippen LogP contribution in [-0.2, 0) is 33.2 Å². The molecule has 7 N–H and O–H groups in total. The van der Waals surface area contributed by atoms with Gasteiger partial charge in [0.05, 0.1) is 26.4 Å². The highest BCUT2D eigenvalue weighted by molar-refractivity contribution is 5.69. The smallest absolute Gasteiger partial charge is 0.306 e. The standard InChI is InChI=1S/C51H90O14/c1-3-5-7-9-11-13-15-16-17-18-19-20-21-22-23-25-27-29-31-33-35-60-37-40(63-43(53)34-32-30-28-26-24-14-12-10-8-6-4-2)38-61-50-49(59)47(57)45(55)42(65-50)39-62-51-48(58)46(56)44(54)41(36-52)64-51/h10-13,16-17,19-20,40-42,44-52,54-59H,3-9,14-15,18,21-39H2,1-2H3/b12-10-,13-11-,17-16-,20-19-. The summed E-state index contributed by atoms with van der Waals surface area (Å²) in [5.74, 6) is -0.392. The number of hydrogen-bond donors (Lipinski definition) is 7. The van der Waals surface area contributed by atoms with Gasteiger partial charge in [-0.25, -0.2) is 0 Å². The Morgan fingerprint density at radius 3 is 1.55 bits per heavy atom. The highest BCUT2D eigenvalue weighted by Crippen LogP contribution is 2.26. The van der Waals surface area contributed by atoms with Crippen molar-refractivity contribution in [1.82, 2.24) is 0 Å². The molecule has 14 heteroatoms. The van der Waals surface area contributed by atoms with Crippen LogP contribution in [0.25, 0.3) is 0 Å². The molecule has 2 heterocycles. The molecule has 0 aromatic carbocycles. The molecule has 2 aliphatic rings. The first-order valence-corrected chi connectivity index (χ1v) is 25.2. The molecule has 0 aromatic rings. The predicted molar refractivity (Wildman–Crippen MR) is 252 cm³/mol. The molecule has 0 aliphatic carbocycles.